The normalized spacial score (nSPS) is 19.1. The van der Waals surface area contributed by atoms with Gasteiger partial charge in [-0.2, -0.15) is 0 Å². The minimum absolute atomic E-state index is 0.151. The number of benzene rings is 1. The van der Waals surface area contributed by atoms with Gasteiger partial charge in [-0.15, -0.1) is 10.2 Å². The van der Waals surface area contributed by atoms with E-state index in [-0.39, 0.29) is 11.2 Å². The fourth-order valence-corrected chi connectivity index (χ4v) is 2.71. The van der Waals surface area contributed by atoms with Gasteiger partial charge in [-0.05, 0) is 47.6 Å². The van der Waals surface area contributed by atoms with Crippen molar-refractivity contribution in [2.45, 2.75) is 52.7 Å². The Labute approximate surface area is 140 Å². The van der Waals surface area contributed by atoms with Gasteiger partial charge >= 0.3 is 7.12 Å². The zero-order valence-electron chi connectivity index (χ0n) is 14.6. The van der Waals surface area contributed by atoms with Gasteiger partial charge in [-0.25, -0.2) is 8.78 Å². The van der Waals surface area contributed by atoms with Gasteiger partial charge in [0.05, 0.1) is 11.2 Å². The van der Waals surface area contributed by atoms with Crippen LogP contribution in [0.5, 0.6) is 0 Å². The summed E-state index contributed by atoms with van der Waals surface area (Å²) in [6, 6.07) is 2.56. The van der Waals surface area contributed by atoms with Crippen LogP contribution >= 0.6 is 0 Å². The third-order valence-electron chi connectivity index (χ3n) is 4.81. The monoisotopic (exact) mass is 335 g/mol. The van der Waals surface area contributed by atoms with Crippen LogP contribution in [0.4, 0.5) is 8.78 Å². The number of hydrogen-bond acceptors (Lipinski definition) is 4. The SMILES string of the molecule is Cc1nnc(C)n1-c1c(F)ccc(B2OC(C)(C)C(C)(C)O2)c1F. The van der Waals surface area contributed by atoms with Crippen LogP contribution in [0.3, 0.4) is 0 Å². The summed E-state index contributed by atoms with van der Waals surface area (Å²) >= 11 is 0. The molecule has 24 heavy (non-hydrogen) atoms. The third-order valence-corrected chi connectivity index (χ3v) is 4.81. The molecule has 8 heteroatoms. The lowest BCUT2D eigenvalue weighted by Gasteiger charge is -2.32. The highest BCUT2D eigenvalue weighted by atomic mass is 19.1. The lowest BCUT2D eigenvalue weighted by molar-refractivity contribution is 0.00578. The molecule has 0 N–H and O–H groups in total. The van der Waals surface area contributed by atoms with E-state index in [9.17, 15) is 4.39 Å². The zero-order valence-corrected chi connectivity index (χ0v) is 14.6. The van der Waals surface area contributed by atoms with Crippen molar-refractivity contribution in [3.63, 3.8) is 0 Å². The summed E-state index contributed by atoms with van der Waals surface area (Å²) in [5, 5.41) is 7.73. The van der Waals surface area contributed by atoms with Gasteiger partial charge in [-0.1, -0.05) is 6.07 Å². The molecule has 128 valence electrons. The van der Waals surface area contributed by atoms with E-state index in [2.05, 4.69) is 10.2 Å². The van der Waals surface area contributed by atoms with E-state index in [0.717, 1.165) is 0 Å². The van der Waals surface area contributed by atoms with Crippen LogP contribution in [0.15, 0.2) is 12.1 Å². The summed E-state index contributed by atoms with van der Waals surface area (Å²) < 4.78 is 42.6. The first-order valence-electron chi connectivity index (χ1n) is 7.78. The van der Waals surface area contributed by atoms with Crippen molar-refractivity contribution in [3.05, 3.63) is 35.4 Å². The van der Waals surface area contributed by atoms with Gasteiger partial charge < -0.3 is 9.31 Å². The van der Waals surface area contributed by atoms with E-state index in [1.54, 1.807) is 13.8 Å². The average molecular weight is 335 g/mol. The maximum atomic E-state index is 15.1. The molecule has 1 aromatic carbocycles. The van der Waals surface area contributed by atoms with E-state index in [1.165, 1.54) is 16.7 Å². The molecule has 1 saturated heterocycles. The van der Waals surface area contributed by atoms with Crippen molar-refractivity contribution in [3.8, 4) is 5.69 Å². The summed E-state index contributed by atoms with van der Waals surface area (Å²) in [7, 11) is -0.911. The Hall–Kier alpha value is -1.80. The molecule has 0 bridgehead atoms. The number of aromatic nitrogens is 3. The van der Waals surface area contributed by atoms with Crippen molar-refractivity contribution >= 4 is 12.6 Å². The summed E-state index contributed by atoms with van der Waals surface area (Å²) in [5.74, 6) is -0.633. The number of nitrogens with zero attached hydrogens (tertiary/aromatic N) is 3. The van der Waals surface area contributed by atoms with E-state index in [0.29, 0.717) is 11.6 Å². The van der Waals surface area contributed by atoms with Gasteiger partial charge in [0, 0.05) is 5.46 Å². The highest BCUT2D eigenvalue weighted by Crippen LogP contribution is 2.37. The molecule has 5 nitrogen and oxygen atoms in total. The van der Waals surface area contributed by atoms with Crippen molar-refractivity contribution in [2.24, 2.45) is 0 Å². The lowest BCUT2D eigenvalue weighted by atomic mass is 9.78. The number of rotatable bonds is 2. The molecule has 0 saturated carbocycles. The Kier molecular flexibility index (Phi) is 3.80. The van der Waals surface area contributed by atoms with E-state index >= 15 is 4.39 Å². The van der Waals surface area contributed by atoms with Crippen molar-refractivity contribution < 1.29 is 18.1 Å². The first-order valence-corrected chi connectivity index (χ1v) is 7.78. The summed E-state index contributed by atoms with van der Waals surface area (Å²) in [4.78, 5) is 0. The Morgan fingerprint density at radius 1 is 0.958 bits per heavy atom. The quantitative estimate of drug-likeness (QED) is 0.791. The number of hydrogen-bond donors (Lipinski definition) is 0. The second kappa shape index (κ2) is 5.36. The molecule has 2 aromatic rings. The van der Waals surface area contributed by atoms with Gasteiger partial charge in [0.15, 0.2) is 0 Å². The fraction of sp³-hybridized carbons (Fsp3) is 0.500. The fourth-order valence-electron chi connectivity index (χ4n) is 2.71. The number of halogens is 2. The zero-order chi connectivity index (χ0) is 17.9. The topological polar surface area (TPSA) is 49.2 Å². The van der Waals surface area contributed by atoms with Crippen LogP contribution < -0.4 is 5.46 Å². The first-order chi connectivity index (χ1) is 11.0. The molecule has 0 atom stereocenters. The molecule has 1 aliphatic heterocycles. The molecule has 3 rings (SSSR count). The van der Waals surface area contributed by atoms with Crippen LogP contribution in [0.1, 0.15) is 39.3 Å². The average Bonchev–Trinajstić information content (AvgIpc) is 2.88. The van der Waals surface area contributed by atoms with Crippen LogP contribution in [-0.4, -0.2) is 33.1 Å². The predicted octanol–water partition coefficient (Wildman–Crippen LogP) is 2.46. The van der Waals surface area contributed by atoms with E-state index in [4.69, 9.17) is 9.31 Å². The molecule has 0 unspecified atom stereocenters. The highest BCUT2D eigenvalue weighted by Gasteiger charge is 2.52. The molecular weight excluding hydrogens is 315 g/mol. The molecule has 0 amide bonds. The smallest absolute Gasteiger partial charge is 0.399 e. The van der Waals surface area contributed by atoms with Crippen LogP contribution in [-0.2, 0) is 9.31 Å². The Bertz CT molecular complexity index is 769. The Morgan fingerprint density at radius 2 is 1.46 bits per heavy atom. The highest BCUT2D eigenvalue weighted by molar-refractivity contribution is 6.62. The second-order valence-corrected chi connectivity index (χ2v) is 7.02. The van der Waals surface area contributed by atoms with Gasteiger partial charge in [0.25, 0.3) is 0 Å². The molecule has 0 spiro atoms. The summed E-state index contributed by atoms with van der Waals surface area (Å²) in [6.07, 6.45) is 0. The second-order valence-electron chi connectivity index (χ2n) is 7.02. The lowest BCUT2D eigenvalue weighted by Crippen LogP contribution is -2.41. The third kappa shape index (κ3) is 2.45. The van der Waals surface area contributed by atoms with Gasteiger partial charge in [0.2, 0.25) is 0 Å². The molecule has 1 aliphatic rings. The maximum Gasteiger partial charge on any atom is 0.497 e. The van der Waals surface area contributed by atoms with Gasteiger partial charge in [-0.3, -0.25) is 4.57 Å². The van der Waals surface area contributed by atoms with Crippen LogP contribution in [0, 0.1) is 25.5 Å². The van der Waals surface area contributed by atoms with E-state index in [1.807, 2.05) is 27.7 Å². The first kappa shape index (κ1) is 17.0. The molecule has 0 aliphatic carbocycles. The number of aryl methyl sites for hydroxylation is 2. The van der Waals surface area contributed by atoms with Crippen molar-refractivity contribution in [2.75, 3.05) is 0 Å². The Morgan fingerprint density at radius 3 is 1.96 bits per heavy atom. The van der Waals surface area contributed by atoms with Crippen LogP contribution in [0.2, 0.25) is 0 Å². The van der Waals surface area contributed by atoms with Crippen molar-refractivity contribution in [1.29, 1.82) is 0 Å². The van der Waals surface area contributed by atoms with E-state index < -0.39 is 30.0 Å². The molecule has 1 aromatic heterocycles. The van der Waals surface area contributed by atoms with Gasteiger partial charge in [0.1, 0.15) is 29.0 Å². The minimum atomic E-state index is -0.911. The van der Waals surface area contributed by atoms with Crippen LogP contribution in [0.25, 0.3) is 5.69 Å². The Balaban J connectivity index is 2.12. The summed E-state index contributed by atoms with van der Waals surface area (Å²) in [6.45, 7) is 10.8. The maximum absolute atomic E-state index is 15.1. The molecule has 2 heterocycles. The summed E-state index contributed by atoms with van der Waals surface area (Å²) in [5.41, 5.74) is -1.29. The predicted molar refractivity (Wildman–Crippen MR) is 86.5 cm³/mol. The minimum Gasteiger partial charge on any atom is -0.399 e. The molecule has 1 fully saturated rings. The van der Waals surface area contributed by atoms with Crippen molar-refractivity contribution in [1.82, 2.24) is 14.8 Å². The largest absolute Gasteiger partial charge is 0.497 e. The molecule has 0 radical (unpaired) electrons. The molecular formula is C16H20BF2N3O2. The standard InChI is InChI=1S/C16H20BF2N3O2/c1-9-20-21-10(2)22(9)14-12(18)8-7-11(13(14)19)17-23-15(3,4)16(5,6)24-17/h7-8H,1-6H3.